The summed E-state index contributed by atoms with van der Waals surface area (Å²) in [5.41, 5.74) is 3.43. The van der Waals surface area contributed by atoms with Gasteiger partial charge in [0.2, 0.25) is 5.91 Å². The van der Waals surface area contributed by atoms with E-state index in [1.54, 1.807) is 11.0 Å². The second-order valence-electron chi connectivity index (χ2n) is 7.08. The molecule has 2 aromatic rings. The molecule has 2 atom stereocenters. The lowest BCUT2D eigenvalue weighted by Gasteiger charge is -2.33. The number of rotatable bonds is 3. The van der Waals surface area contributed by atoms with Crippen molar-refractivity contribution in [3.63, 3.8) is 0 Å². The molecule has 0 saturated carbocycles. The van der Waals surface area contributed by atoms with Gasteiger partial charge in [-0.3, -0.25) is 9.59 Å². The molecule has 0 spiro atoms. The molecule has 1 saturated heterocycles. The number of anilines is 2. The zero-order valence-electron chi connectivity index (χ0n) is 15.1. The van der Waals surface area contributed by atoms with Gasteiger partial charge in [0.25, 0.3) is 5.91 Å². The van der Waals surface area contributed by atoms with Gasteiger partial charge in [-0.05, 0) is 43.5 Å². The van der Waals surface area contributed by atoms with Crippen molar-refractivity contribution in [2.75, 3.05) is 23.8 Å². The molecule has 0 aromatic heterocycles. The van der Waals surface area contributed by atoms with Gasteiger partial charge in [0.15, 0.2) is 0 Å². The van der Waals surface area contributed by atoms with E-state index in [0.29, 0.717) is 5.56 Å². The average molecular weight is 349 g/mol. The largest absolute Gasteiger partial charge is 0.358 e. The van der Waals surface area contributed by atoms with Crippen LogP contribution in [0.2, 0.25) is 0 Å². The van der Waals surface area contributed by atoms with Crippen LogP contribution in [-0.4, -0.2) is 36.3 Å². The van der Waals surface area contributed by atoms with Crippen molar-refractivity contribution >= 4 is 23.2 Å². The summed E-state index contributed by atoms with van der Waals surface area (Å²) in [6, 6.07) is 15.5. The minimum atomic E-state index is -0.0650. The highest BCUT2D eigenvalue weighted by molar-refractivity contribution is 6.06. The summed E-state index contributed by atoms with van der Waals surface area (Å²) in [5, 5.41) is 2.98. The van der Waals surface area contributed by atoms with Gasteiger partial charge in [-0.1, -0.05) is 30.3 Å². The molecule has 0 unspecified atom stereocenters. The first kappa shape index (κ1) is 16.6. The summed E-state index contributed by atoms with van der Waals surface area (Å²) in [4.78, 5) is 29.1. The standard InChI is InChI=1S/C21H23N3O2/c1-14(15-7-4-3-5-8-15)23(2)21(26)16-10-11-18-17(13-16)22-20(25)19-9-6-12-24(18)19/h3-5,7-8,10-11,13-14,19H,6,9,12H2,1-2H3,(H,22,25)/t14-,19+/m0/s1. The van der Waals surface area contributed by atoms with Crippen LogP contribution in [0.1, 0.15) is 41.7 Å². The van der Waals surface area contributed by atoms with Crippen LogP contribution in [0.25, 0.3) is 0 Å². The second-order valence-corrected chi connectivity index (χ2v) is 7.08. The Balaban J connectivity index is 1.59. The predicted octanol–water partition coefficient (Wildman–Crippen LogP) is 3.44. The van der Waals surface area contributed by atoms with Crippen LogP contribution in [0.15, 0.2) is 48.5 Å². The summed E-state index contributed by atoms with van der Waals surface area (Å²) in [7, 11) is 1.81. The molecular weight excluding hydrogens is 326 g/mol. The molecule has 1 N–H and O–H groups in total. The Kier molecular flexibility index (Phi) is 4.15. The quantitative estimate of drug-likeness (QED) is 0.923. The zero-order valence-corrected chi connectivity index (χ0v) is 15.1. The Labute approximate surface area is 153 Å². The van der Waals surface area contributed by atoms with Crippen molar-refractivity contribution in [3.8, 4) is 0 Å². The summed E-state index contributed by atoms with van der Waals surface area (Å²) in [6.07, 6.45) is 1.92. The lowest BCUT2D eigenvalue weighted by atomic mass is 10.0. The van der Waals surface area contributed by atoms with Gasteiger partial charge in [0, 0.05) is 19.2 Å². The van der Waals surface area contributed by atoms with E-state index in [2.05, 4.69) is 10.2 Å². The maximum atomic E-state index is 13.0. The molecule has 2 amide bonds. The molecule has 0 bridgehead atoms. The topological polar surface area (TPSA) is 52.7 Å². The fourth-order valence-corrected chi connectivity index (χ4v) is 3.90. The van der Waals surface area contributed by atoms with Crippen molar-refractivity contribution in [3.05, 3.63) is 59.7 Å². The Morgan fingerprint density at radius 2 is 2.00 bits per heavy atom. The molecule has 2 aliphatic heterocycles. The summed E-state index contributed by atoms with van der Waals surface area (Å²) in [5.74, 6) is -0.0208. The first-order valence-electron chi connectivity index (χ1n) is 9.10. The Morgan fingerprint density at radius 1 is 1.23 bits per heavy atom. The normalized spacial score (nSPS) is 19.4. The number of hydrogen-bond donors (Lipinski definition) is 1. The molecule has 134 valence electrons. The lowest BCUT2D eigenvalue weighted by molar-refractivity contribution is -0.117. The van der Waals surface area contributed by atoms with Crippen molar-refractivity contribution < 1.29 is 9.59 Å². The van der Waals surface area contributed by atoms with Gasteiger partial charge in [0.1, 0.15) is 6.04 Å². The summed E-state index contributed by atoms with van der Waals surface area (Å²) < 4.78 is 0. The molecule has 5 nitrogen and oxygen atoms in total. The molecule has 2 aliphatic rings. The number of nitrogens with zero attached hydrogens (tertiary/aromatic N) is 2. The molecule has 4 rings (SSSR count). The fraction of sp³-hybridized carbons (Fsp3) is 0.333. The van der Waals surface area contributed by atoms with E-state index in [1.165, 1.54) is 0 Å². The average Bonchev–Trinajstić information content (AvgIpc) is 3.17. The highest BCUT2D eigenvalue weighted by atomic mass is 16.2. The van der Waals surface area contributed by atoms with Gasteiger partial charge in [-0.15, -0.1) is 0 Å². The number of fused-ring (bicyclic) bond motifs is 3. The molecule has 0 aliphatic carbocycles. The van der Waals surface area contributed by atoms with Crippen molar-refractivity contribution in [2.24, 2.45) is 0 Å². The Bertz CT molecular complexity index is 850. The van der Waals surface area contributed by atoms with Crippen LogP contribution >= 0.6 is 0 Å². The highest BCUT2D eigenvalue weighted by Gasteiger charge is 2.36. The first-order valence-corrected chi connectivity index (χ1v) is 9.10. The number of nitrogens with one attached hydrogen (secondary N) is 1. The van der Waals surface area contributed by atoms with Crippen molar-refractivity contribution in [2.45, 2.75) is 31.8 Å². The molecule has 26 heavy (non-hydrogen) atoms. The highest BCUT2D eigenvalue weighted by Crippen LogP contribution is 2.37. The number of amides is 2. The van der Waals surface area contributed by atoms with E-state index in [9.17, 15) is 9.59 Å². The number of benzene rings is 2. The van der Waals surface area contributed by atoms with Gasteiger partial charge < -0.3 is 15.1 Å². The van der Waals surface area contributed by atoms with Gasteiger partial charge in [-0.2, -0.15) is 0 Å². The predicted molar refractivity (Wildman–Crippen MR) is 102 cm³/mol. The van der Waals surface area contributed by atoms with Crippen molar-refractivity contribution in [1.29, 1.82) is 0 Å². The van der Waals surface area contributed by atoms with Crippen LogP contribution in [-0.2, 0) is 4.79 Å². The van der Waals surface area contributed by atoms with Crippen LogP contribution in [0.5, 0.6) is 0 Å². The van der Waals surface area contributed by atoms with E-state index < -0.39 is 0 Å². The minimum absolute atomic E-state index is 0.0303. The van der Waals surface area contributed by atoms with Crippen LogP contribution in [0.3, 0.4) is 0 Å². The van der Waals surface area contributed by atoms with Gasteiger partial charge in [0.05, 0.1) is 17.4 Å². The third kappa shape index (κ3) is 2.73. The third-order valence-electron chi connectivity index (χ3n) is 5.55. The SMILES string of the molecule is C[C@@H](c1ccccc1)N(C)C(=O)c1ccc2c(c1)NC(=O)[C@H]1CCCN21. The zero-order chi connectivity index (χ0) is 18.3. The van der Waals surface area contributed by atoms with Crippen LogP contribution in [0, 0.1) is 0 Å². The monoisotopic (exact) mass is 349 g/mol. The van der Waals surface area contributed by atoms with E-state index >= 15 is 0 Å². The summed E-state index contributed by atoms with van der Waals surface area (Å²) >= 11 is 0. The Morgan fingerprint density at radius 3 is 2.77 bits per heavy atom. The van der Waals surface area contributed by atoms with E-state index in [4.69, 9.17) is 0 Å². The number of carbonyl (C=O) groups excluding carboxylic acids is 2. The first-order chi connectivity index (χ1) is 12.6. The molecule has 0 radical (unpaired) electrons. The maximum absolute atomic E-state index is 13.0. The van der Waals surface area contributed by atoms with Crippen LogP contribution in [0.4, 0.5) is 11.4 Å². The van der Waals surface area contributed by atoms with Gasteiger partial charge in [-0.25, -0.2) is 0 Å². The molecule has 1 fully saturated rings. The molecule has 2 aromatic carbocycles. The minimum Gasteiger partial charge on any atom is -0.358 e. The fourth-order valence-electron chi connectivity index (χ4n) is 3.90. The molecule has 2 heterocycles. The van der Waals surface area contributed by atoms with Gasteiger partial charge >= 0.3 is 0 Å². The molecular formula is C21H23N3O2. The smallest absolute Gasteiger partial charge is 0.254 e. The third-order valence-corrected chi connectivity index (χ3v) is 5.55. The van der Waals surface area contributed by atoms with Crippen molar-refractivity contribution in [1.82, 2.24) is 4.90 Å². The van der Waals surface area contributed by atoms with Crippen LogP contribution < -0.4 is 10.2 Å². The lowest BCUT2D eigenvalue weighted by Crippen LogP contribution is -2.44. The second kappa shape index (κ2) is 6.48. The van der Waals surface area contributed by atoms with E-state index in [1.807, 2.05) is 56.4 Å². The summed E-state index contributed by atoms with van der Waals surface area (Å²) in [6.45, 7) is 2.91. The van der Waals surface area contributed by atoms with E-state index in [0.717, 1.165) is 36.3 Å². The number of hydrogen-bond acceptors (Lipinski definition) is 3. The number of carbonyl (C=O) groups is 2. The van der Waals surface area contributed by atoms with E-state index in [-0.39, 0.29) is 23.9 Å². The Hall–Kier alpha value is -2.82. The molecule has 5 heteroatoms. The maximum Gasteiger partial charge on any atom is 0.254 e.